The number of fused-ring (bicyclic) bond motifs is 2. The summed E-state index contributed by atoms with van der Waals surface area (Å²) in [6.07, 6.45) is 0. The highest BCUT2D eigenvalue weighted by Gasteiger charge is 2.25. The third kappa shape index (κ3) is 2.72. The fourth-order valence-electron chi connectivity index (χ4n) is 3.33. The summed E-state index contributed by atoms with van der Waals surface area (Å²) in [4.78, 5) is 2.23. The van der Waals surface area contributed by atoms with E-state index in [-0.39, 0.29) is 0 Å². The minimum atomic E-state index is 0.555. The lowest BCUT2D eigenvalue weighted by atomic mass is 10.1. The van der Waals surface area contributed by atoms with Crippen LogP contribution in [0.2, 0.25) is 0 Å². The first-order chi connectivity index (χ1) is 12.2. The molecule has 0 spiro atoms. The van der Waals surface area contributed by atoms with E-state index in [1.54, 1.807) is 7.11 Å². The zero-order valence-corrected chi connectivity index (χ0v) is 14.7. The number of methoxy groups -OCH3 is 1. The van der Waals surface area contributed by atoms with Gasteiger partial charge < -0.3 is 14.4 Å². The van der Waals surface area contributed by atoms with Crippen LogP contribution in [0.1, 0.15) is 16.7 Å². The van der Waals surface area contributed by atoms with Crippen LogP contribution in [0, 0.1) is 13.8 Å². The van der Waals surface area contributed by atoms with Gasteiger partial charge in [0.15, 0.2) is 0 Å². The second kappa shape index (κ2) is 6.17. The number of anilines is 3. The molecule has 3 aromatic rings. The Morgan fingerprint density at radius 2 is 1.56 bits per heavy atom. The molecular weight excluding hydrogens is 310 g/mol. The molecule has 0 saturated carbocycles. The van der Waals surface area contributed by atoms with Crippen molar-refractivity contribution in [2.24, 2.45) is 0 Å². The Bertz CT molecular complexity index is 880. The van der Waals surface area contributed by atoms with Gasteiger partial charge in [0.05, 0.1) is 24.2 Å². The van der Waals surface area contributed by atoms with Crippen LogP contribution in [0.25, 0.3) is 0 Å². The molecule has 0 atom stereocenters. The number of benzene rings is 3. The SMILES string of the molecule is COc1ccccc1N1c2ccc(C)cc2COc2cc(C)ccc21. The van der Waals surface area contributed by atoms with Crippen molar-refractivity contribution in [3.8, 4) is 11.5 Å². The number of nitrogens with zero attached hydrogens (tertiary/aromatic N) is 1. The molecular formula is C22H21NO2. The number of para-hydroxylation sites is 2. The molecule has 126 valence electrons. The standard InChI is InChI=1S/C22H21NO2/c1-15-8-10-18-17(12-15)14-25-22-13-16(2)9-11-20(22)23(18)19-6-4-5-7-21(19)24-3/h4-13H,14H2,1-3H3. The zero-order chi connectivity index (χ0) is 17.4. The van der Waals surface area contributed by atoms with Crippen LogP contribution in [0.4, 0.5) is 17.1 Å². The van der Waals surface area contributed by atoms with Crippen LogP contribution in [0.3, 0.4) is 0 Å². The average Bonchev–Trinajstić information content (AvgIpc) is 2.78. The van der Waals surface area contributed by atoms with Gasteiger partial charge in [-0.2, -0.15) is 0 Å². The quantitative estimate of drug-likeness (QED) is 0.603. The smallest absolute Gasteiger partial charge is 0.144 e. The monoisotopic (exact) mass is 331 g/mol. The summed E-state index contributed by atoms with van der Waals surface area (Å²) in [5.74, 6) is 1.72. The van der Waals surface area contributed by atoms with Gasteiger partial charge in [-0.15, -0.1) is 0 Å². The van der Waals surface area contributed by atoms with Crippen molar-refractivity contribution in [3.05, 3.63) is 77.4 Å². The molecule has 0 unspecified atom stereocenters. The van der Waals surface area contributed by atoms with Gasteiger partial charge in [0, 0.05) is 5.56 Å². The molecule has 1 heterocycles. The molecule has 3 nitrogen and oxygen atoms in total. The maximum Gasteiger partial charge on any atom is 0.144 e. The van der Waals surface area contributed by atoms with Crippen molar-refractivity contribution in [1.82, 2.24) is 0 Å². The van der Waals surface area contributed by atoms with Crippen molar-refractivity contribution in [3.63, 3.8) is 0 Å². The molecule has 0 bridgehead atoms. The predicted octanol–water partition coefficient (Wildman–Crippen LogP) is 5.67. The van der Waals surface area contributed by atoms with Gasteiger partial charge in [-0.3, -0.25) is 0 Å². The molecule has 0 N–H and O–H groups in total. The summed E-state index contributed by atoms with van der Waals surface area (Å²) >= 11 is 0. The number of aryl methyl sites for hydroxylation is 2. The Morgan fingerprint density at radius 1 is 0.840 bits per heavy atom. The van der Waals surface area contributed by atoms with E-state index in [0.717, 1.165) is 28.6 Å². The van der Waals surface area contributed by atoms with Crippen LogP contribution in [0.5, 0.6) is 11.5 Å². The molecule has 1 aliphatic rings. The fourth-order valence-corrected chi connectivity index (χ4v) is 3.33. The summed E-state index contributed by atoms with van der Waals surface area (Å²) in [7, 11) is 1.71. The maximum absolute atomic E-state index is 6.15. The largest absolute Gasteiger partial charge is 0.495 e. The first kappa shape index (κ1) is 15.6. The van der Waals surface area contributed by atoms with E-state index in [9.17, 15) is 0 Å². The highest BCUT2D eigenvalue weighted by Crippen LogP contribution is 2.47. The Kier molecular flexibility index (Phi) is 3.85. The van der Waals surface area contributed by atoms with E-state index >= 15 is 0 Å². The minimum absolute atomic E-state index is 0.555. The normalized spacial score (nSPS) is 12.7. The molecule has 3 heteroatoms. The molecule has 3 aromatic carbocycles. The van der Waals surface area contributed by atoms with Crippen LogP contribution in [-0.4, -0.2) is 7.11 Å². The Labute approximate surface area is 148 Å². The lowest BCUT2D eigenvalue weighted by Crippen LogP contribution is -2.12. The summed E-state index contributed by atoms with van der Waals surface area (Å²) in [6, 6.07) is 20.9. The highest BCUT2D eigenvalue weighted by atomic mass is 16.5. The second-order valence-corrected chi connectivity index (χ2v) is 6.40. The summed E-state index contributed by atoms with van der Waals surface area (Å²) < 4.78 is 11.8. The second-order valence-electron chi connectivity index (χ2n) is 6.40. The number of rotatable bonds is 2. The summed E-state index contributed by atoms with van der Waals surface area (Å²) in [5, 5.41) is 0. The van der Waals surface area contributed by atoms with Crippen molar-refractivity contribution in [2.45, 2.75) is 20.5 Å². The van der Waals surface area contributed by atoms with Crippen molar-refractivity contribution in [1.29, 1.82) is 0 Å². The van der Waals surface area contributed by atoms with Gasteiger partial charge in [-0.1, -0.05) is 35.9 Å². The van der Waals surface area contributed by atoms with E-state index in [4.69, 9.17) is 9.47 Å². The van der Waals surface area contributed by atoms with Gasteiger partial charge in [0.25, 0.3) is 0 Å². The molecule has 0 amide bonds. The first-order valence-corrected chi connectivity index (χ1v) is 8.43. The first-order valence-electron chi connectivity index (χ1n) is 8.43. The van der Waals surface area contributed by atoms with Crippen molar-refractivity contribution >= 4 is 17.1 Å². The number of hydrogen-bond donors (Lipinski definition) is 0. The molecule has 0 fully saturated rings. The van der Waals surface area contributed by atoms with E-state index in [1.165, 1.54) is 16.7 Å². The summed E-state index contributed by atoms with van der Waals surface area (Å²) in [5.41, 5.74) is 6.73. The van der Waals surface area contributed by atoms with Gasteiger partial charge in [0.2, 0.25) is 0 Å². The highest BCUT2D eigenvalue weighted by molar-refractivity contribution is 5.85. The van der Waals surface area contributed by atoms with Crippen LogP contribution in [-0.2, 0) is 6.61 Å². The minimum Gasteiger partial charge on any atom is -0.495 e. The topological polar surface area (TPSA) is 21.7 Å². The summed E-state index contributed by atoms with van der Waals surface area (Å²) in [6.45, 7) is 4.74. The molecule has 0 aliphatic carbocycles. The van der Waals surface area contributed by atoms with Gasteiger partial charge in [-0.05, 0) is 49.7 Å². The lowest BCUT2D eigenvalue weighted by molar-refractivity contribution is 0.310. The van der Waals surface area contributed by atoms with Crippen LogP contribution >= 0.6 is 0 Å². The van der Waals surface area contributed by atoms with Gasteiger partial charge >= 0.3 is 0 Å². The molecule has 1 aliphatic heterocycles. The van der Waals surface area contributed by atoms with E-state index in [1.807, 2.05) is 18.2 Å². The number of ether oxygens (including phenoxy) is 2. The Balaban J connectivity index is 2.01. The molecule has 0 saturated heterocycles. The third-order valence-electron chi connectivity index (χ3n) is 4.54. The maximum atomic E-state index is 6.15. The van der Waals surface area contributed by atoms with Gasteiger partial charge in [0.1, 0.15) is 18.1 Å². The molecule has 0 aromatic heterocycles. The average molecular weight is 331 g/mol. The lowest BCUT2D eigenvalue weighted by Gasteiger charge is -2.27. The predicted molar refractivity (Wildman–Crippen MR) is 101 cm³/mol. The Morgan fingerprint density at radius 3 is 2.36 bits per heavy atom. The Hall–Kier alpha value is -2.94. The van der Waals surface area contributed by atoms with E-state index in [0.29, 0.717) is 6.61 Å². The number of hydrogen-bond acceptors (Lipinski definition) is 3. The van der Waals surface area contributed by atoms with Crippen LogP contribution in [0.15, 0.2) is 60.7 Å². The van der Waals surface area contributed by atoms with Crippen molar-refractivity contribution in [2.75, 3.05) is 12.0 Å². The van der Waals surface area contributed by atoms with Crippen LogP contribution < -0.4 is 14.4 Å². The van der Waals surface area contributed by atoms with Gasteiger partial charge in [-0.25, -0.2) is 0 Å². The van der Waals surface area contributed by atoms with E-state index < -0.39 is 0 Å². The molecule has 0 radical (unpaired) electrons. The zero-order valence-electron chi connectivity index (χ0n) is 14.7. The molecule has 25 heavy (non-hydrogen) atoms. The van der Waals surface area contributed by atoms with Crippen molar-refractivity contribution < 1.29 is 9.47 Å². The third-order valence-corrected chi connectivity index (χ3v) is 4.54. The molecule has 4 rings (SSSR count). The van der Waals surface area contributed by atoms with E-state index in [2.05, 4.69) is 61.2 Å². The fraction of sp³-hybridized carbons (Fsp3) is 0.182.